The molecule has 0 spiro atoms. The van der Waals surface area contributed by atoms with Gasteiger partial charge in [0.1, 0.15) is 10.9 Å². The van der Waals surface area contributed by atoms with E-state index in [0.717, 1.165) is 27.8 Å². The molecule has 1 amide bonds. The number of benzene rings is 1. The minimum absolute atomic E-state index is 0.0254. The van der Waals surface area contributed by atoms with Crippen LogP contribution in [0.4, 0.5) is 22.0 Å². The maximum atomic E-state index is 13.0. The highest BCUT2D eigenvalue weighted by Crippen LogP contribution is 2.33. The molecule has 11 heteroatoms. The van der Waals surface area contributed by atoms with Crippen LogP contribution in [0.15, 0.2) is 30.6 Å². The normalized spacial score (nSPS) is 17.0. The van der Waals surface area contributed by atoms with Gasteiger partial charge in [0.25, 0.3) is 5.92 Å². The number of nitrogens with zero attached hydrogens (tertiary/aromatic N) is 4. The van der Waals surface area contributed by atoms with E-state index in [1.54, 1.807) is 0 Å². The van der Waals surface area contributed by atoms with Crippen LogP contribution >= 0.6 is 15.9 Å². The monoisotopic (exact) mass is 450 g/mol. The van der Waals surface area contributed by atoms with Crippen molar-refractivity contribution >= 4 is 26.4 Å². The van der Waals surface area contributed by atoms with Crippen LogP contribution in [-0.4, -0.2) is 44.6 Å². The molecule has 0 radical (unpaired) electrons. The predicted octanol–water partition coefficient (Wildman–Crippen LogP) is 3.94. The number of rotatable bonds is 3. The lowest BCUT2D eigenvalue weighted by Gasteiger charge is -2.37. The lowest BCUT2D eigenvalue weighted by atomic mass is 10.1. The summed E-state index contributed by atoms with van der Waals surface area (Å²) in [7, 11) is 0. The molecule has 1 aliphatic rings. The van der Waals surface area contributed by atoms with Crippen molar-refractivity contribution in [3.63, 3.8) is 0 Å². The predicted molar refractivity (Wildman–Crippen MR) is 89.9 cm³/mol. The van der Waals surface area contributed by atoms with E-state index in [0.29, 0.717) is 5.56 Å². The van der Waals surface area contributed by atoms with E-state index in [2.05, 4.69) is 26.0 Å². The molecule has 0 N–H and O–H groups in total. The molecule has 1 fully saturated rings. The maximum Gasteiger partial charge on any atom is 0.416 e. The van der Waals surface area contributed by atoms with Crippen LogP contribution < -0.4 is 0 Å². The quantitative estimate of drug-likeness (QED) is 0.525. The Kier molecular flexibility index (Phi) is 4.83. The Morgan fingerprint density at radius 1 is 1.26 bits per heavy atom. The standard InChI is InChI=1S/C16H12BrF5N4O/c1-9-2-10(4-11(3-9)16(20,21)22)14-23-8-26(24-14)12(17)5-13(27)25-6-15(18,19)7-25/h2-5,8H,6-7H2,1H3/b12-5-. The van der Waals surface area contributed by atoms with Gasteiger partial charge in [-0.05, 0) is 46.6 Å². The van der Waals surface area contributed by atoms with Gasteiger partial charge in [0.05, 0.1) is 18.7 Å². The van der Waals surface area contributed by atoms with Crippen molar-refractivity contribution in [3.05, 3.63) is 41.7 Å². The van der Waals surface area contributed by atoms with Crippen LogP contribution in [0.3, 0.4) is 0 Å². The molecule has 1 aliphatic heterocycles. The van der Waals surface area contributed by atoms with Crippen LogP contribution in [0.1, 0.15) is 11.1 Å². The topological polar surface area (TPSA) is 51.0 Å². The van der Waals surface area contributed by atoms with Gasteiger partial charge in [0.15, 0.2) is 5.82 Å². The van der Waals surface area contributed by atoms with E-state index in [1.165, 1.54) is 19.3 Å². The Balaban J connectivity index is 1.82. The number of hydrogen-bond donors (Lipinski definition) is 0. The summed E-state index contributed by atoms with van der Waals surface area (Å²) in [5, 5.41) is 4.03. The Labute approximate surface area is 158 Å². The number of carbonyl (C=O) groups excluding carboxylic acids is 1. The van der Waals surface area contributed by atoms with Gasteiger partial charge in [0, 0.05) is 11.6 Å². The van der Waals surface area contributed by atoms with Crippen molar-refractivity contribution in [3.8, 4) is 11.4 Å². The number of amides is 1. The zero-order valence-electron chi connectivity index (χ0n) is 13.8. The van der Waals surface area contributed by atoms with Gasteiger partial charge >= 0.3 is 6.18 Å². The molecule has 0 saturated carbocycles. The molecule has 0 bridgehead atoms. The van der Waals surface area contributed by atoms with Crippen LogP contribution in [-0.2, 0) is 11.0 Å². The second-order valence-electron chi connectivity index (χ2n) is 6.12. The fourth-order valence-electron chi connectivity index (χ4n) is 2.50. The van der Waals surface area contributed by atoms with E-state index < -0.39 is 36.7 Å². The smallest absolute Gasteiger partial charge is 0.327 e. The molecule has 2 aromatic rings. The summed E-state index contributed by atoms with van der Waals surface area (Å²) < 4.78 is 65.7. The lowest BCUT2D eigenvalue weighted by Crippen LogP contribution is -2.58. The van der Waals surface area contributed by atoms with Crippen molar-refractivity contribution in [1.82, 2.24) is 19.7 Å². The van der Waals surface area contributed by atoms with Gasteiger partial charge in [-0.3, -0.25) is 4.79 Å². The van der Waals surface area contributed by atoms with Gasteiger partial charge in [0.2, 0.25) is 5.91 Å². The Morgan fingerprint density at radius 3 is 2.52 bits per heavy atom. The minimum atomic E-state index is -4.50. The Bertz CT molecular complexity index is 914. The highest BCUT2D eigenvalue weighted by atomic mass is 79.9. The summed E-state index contributed by atoms with van der Waals surface area (Å²) >= 11 is 3.09. The summed E-state index contributed by atoms with van der Waals surface area (Å²) in [6.45, 7) is 0.205. The highest BCUT2D eigenvalue weighted by Gasteiger charge is 2.45. The summed E-state index contributed by atoms with van der Waals surface area (Å²) in [6, 6.07) is 3.44. The molecular formula is C16H12BrF5N4O. The molecule has 1 saturated heterocycles. The third-order valence-electron chi connectivity index (χ3n) is 3.77. The van der Waals surface area contributed by atoms with Crippen molar-refractivity contribution in [2.45, 2.75) is 19.0 Å². The number of likely N-dealkylation sites (tertiary alicyclic amines) is 1. The number of aromatic nitrogens is 3. The number of hydrogen-bond acceptors (Lipinski definition) is 3. The van der Waals surface area contributed by atoms with Crippen LogP contribution in [0, 0.1) is 6.92 Å². The third kappa shape index (κ3) is 4.34. The van der Waals surface area contributed by atoms with E-state index in [9.17, 15) is 26.7 Å². The van der Waals surface area contributed by atoms with Gasteiger partial charge in [-0.15, -0.1) is 5.10 Å². The minimum Gasteiger partial charge on any atom is -0.327 e. The van der Waals surface area contributed by atoms with E-state index in [-0.39, 0.29) is 16.0 Å². The van der Waals surface area contributed by atoms with E-state index in [1.807, 2.05) is 0 Å². The third-order valence-corrected chi connectivity index (χ3v) is 4.36. The molecule has 144 valence electrons. The average molecular weight is 451 g/mol. The molecule has 5 nitrogen and oxygen atoms in total. The van der Waals surface area contributed by atoms with Crippen molar-refractivity contribution in [1.29, 1.82) is 0 Å². The zero-order valence-corrected chi connectivity index (χ0v) is 15.4. The van der Waals surface area contributed by atoms with Crippen LogP contribution in [0.2, 0.25) is 0 Å². The van der Waals surface area contributed by atoms with Crippen molar-refractivity contribution < 1.29 is 26.7 Å². The SMILES string of the molecule is Cc1cc(-c2ncn(/C(Br)=C\C(=O)N3CC(F)(F)C3)n2)cc(C(F)(F)F)c1. The molecule has 1 aromatic heterocycles. The number of alkyl halides is 5. The van der Waals surface area contributed by atoms with Crippen LogP contribution in [0.5, 0.6) is 0 Å². The van der Waals surface area contributed by atoms with Gasteiger partial charge in [-0.2, -0.15) is 13.2 Å². The maximum absolute atomic E-state index is 13.0. The van der Waals surface area contributed by atoms with Gasteiger partial charge in [-0.25, -0.2) is 18.4 Å². The molecule has 1 aromatic carbocycles. The van der Waals surface area contributed by atoms with E-state index >= 15 is 0 Å². The number of carbonyl (C=O) groups is 1. The van der Waals surface area contributed by atoms with Crippen LogP contribution in [0.25, 0.3) is 16.0 Å². The second kappa shape index (κ2) is 6.70. The largest absolute Gasteiger partial charge is 0.416 e. The fraction of sp³-hybridized carbons (Fsp3) is 0.312. The number of aryl methyl sites for hydroxylation is 1. The average Bonchev–Trinajstić information content (AvgIpc) is 3.01. The first-order chi connectivity index (χ1) is 12.4. The summed E-state index contributed by atoms with van der Waals surface area (Å²) in [6.07, 6.45) is -2.26. The first-order valence-electron chi connectivity index (χ1n) is 7.60. The molecule has 27 heavy (non-hydrogen) atoms. The molecule has 2 heterocycles. The van der Waals surface area contributed by atoms with Crippen molar-refractivity contribution in [2.24, 2.45) is 0 Å². The molecule has 0 atom stereocenters. The summed E-state index contributed by atoms with van der Waals surface area (Å²) in [5.41, 5.74) is -0.271. The van der Waals surface area contributed by atoms with E-state index in [4.69, 9.17) is 0 Å². The highest BCUT2D eigenvalue weighted by molar-refractivity contribution is 9.14. The molecule has 0 aliphatic carbocycles. The Hall–Kier alpha value is -2.30. The summed E-state index contributed by atoms with van der Waals surface area (Å²) in [5.74, 6) is -3.49. The fourth-order valence-corrected chi connectivity index (χ4v) is 2.87. The molecular weight excluding hydrogens is 439 g/mol. The summed E-state index contributed by atoms with van der Waals surface area (Å²) in [4.78, 5) is 16.8. The first-order valence-corrected chi connectivity index (χ1v) is 8.39. The number of halogens is 6. The van der Waals surface area contributed by atoms with Crippen molar-refractivity contribution in [2.75, 3.05) is 13.1 Å². The Morgan fingerprint density at radius 2 is 1.93 bits per heavy atom. The van der Waals surface area contributed by atoms with Gasteiger partial charge in [-0.1, -0.05) is 0 Å². The molecule has 0 unspecified atom stereocenters. The second-order valence-corrected chi connectivity index (χ2v) is 6.93. The van der Waals surface area contributed by atoms with Gasteiger partial charge < -0.3 is 4.90 Å². The zero-order chi connectivity index (χ0) is 20.0. The first kappa shape index (κ1) is 19.5. The lowest BCUT2D eigenvalue weighted by molar-refractivity contribution is -0.160. The molecule has 3 rings (SSSR count).